The Morgan fingerprint density at radius 3 is 2.53 bits per heavy atom. The van der Waals surface area contributed by atoms with Crippen molar-refractivity contribution in [1.82, 2.24) is 5.32 Å². The highest BCUT2D eigenvalue weighted by atomic mass is 32.2. The molecule has 5 nitrogen and oxygen atoms in total. The van der Waals surface area contributed by atoms with Crippen LogP contribution < -0.4 is 15.4 Å². The molecule has 3 rings (SSSR count). The first-order valence-electron chi connectivity index (χ1n) is 10.2. The average molecular weight is 450 g/mol. The van der Waals surface area contributed by atoms with Gasteiger partial charge in [0.1, 0.15) is 18.2 Å². The molecule has 0 unspecified atom stereocenters. The smallest absolute Gasteiger partial charge is 0.319 e. The van der Waals surface area contributed by atoms with Gasteiger partial charge in [0.2, 0.25) is 0 Å². The van der Waals surface area contributed by atoms with Crippen LogP contribution in [0.2, 0.25) is 0 Å². The minimum absolute atomic E-state index is 0.244. The van der Waals surface area contributed by atoms with Crippen LogP contribution in [0, 0.1) is 17.1 Å². The first kappa shape index (κ1) is 23.2. The lowest BCUT2D eigenvalue weighted by Gasteiger charge is -2.13. The van der Waals surface area contributed by atoms with E-state index in [-0.39, 0.29) is 11.8 Å². The molecule has 164 valence electrons. The number of nitriles is 1. The van der Waals surface area contributed by atoms with E-state index in [1.54, 1.807) is 23.9 Å². The number of thioether (sulfide) groups is 1. The van der Waals surface area contributed by atoms with Gasteiger partial charge >= 0.3 is 6.03 Å². The Bertz CT molecular complexity index is 1050. The van der Waals surface area contributed by atoms with Gasteiger partial charge in [0.15, 0.2) is 0 Å². The number of carbonyl (C=O) groups is 1. The summed E-state index contributed by atoms with van der Waals surface area (Å²) in [6.07, 6.45) is 1.16. The minimum Gasteiger partial charge on any atom is -0.489 e. The van der Waals surface area contributed by atoms with Gasteiger partial charge in [-0.05, 0) is 60.2 Å². The summed E-state index contributed by atoms with van der Waals surface area (Å²) in [5.41, 5.74) is 2.48. The van der Waals surface area contributed by atoms with Gasteiger partial charge in [-0.3, -0.25) is 0 Å². The Balaban J connectivity index is 1.42. The Labute approximate surface area is 191 Å². The van der Waals surface area contributed by atoms with Crippen LogP contribution >= 0.6 is 11.8 Å². The highest BCUT2D eigenvalue weighted by Gasteiger charge is 2.07. The molecule has 0 aliphatic carbocycles. The molecule has 3 aromatic rings. The highest BCUT2D eigenvalue weighted by Crippen LogP contribution is 2.20. The van der Waals surface area contributed by atoms with Crippen LogP contribution in [0.5, 0.6) is 5.75 Å². The summed E-state index contributed by atoms with van der Waals surface area (Å²) in [4.78, 5) is 13.3. The second kappa shape index (κ2) is 12.4. The van der Waals surface area contributed by atoms with Crippen LogP contribution in [0.3, 0.4) is 0 Å². The molecule has 0 aromatic heterocycles. The zero-order valence-electron chi connectivity index (χ0n) is 17.5. The predicted molar refractivity (Wildman–Crippen MR) is 125 cm³/mol. The van der Waals surface area contributed by atoms with Crippen LogP contribution in [-0.4, -0.2) is 18.3 Å². The standard InChI is InChI=1S/C25H24FN3O2S/c26-21-8-12-23(13-9-21)32-17-3-16-28-25(30)29-24-5-2-1-4-20(24)18-31-22-10-6-19(7-11-22)14-15-27/h1-2,4-13H,3,14,16-18H2,(H2,28,29,30). The number of amides is 2. The molecule has 0 aliphatic rings. The predicted octanol–water partition coefficient (Wildman–Crippen LogP) is 5.77. The number of nitrogens with one attached hydrogen (secondary N) is 2. The average Bonchev–Trinajstić information content (AvgIpc) is 2.81. The summed E-state index contributed by atoms with van der Waals surface area (Å²) in [5, 5.41) is 14.5. The number of urea groups is 1. The molecule has 0 heterocycles. The SMILES string of the molecule is N#CCc1ccc(OCc2ccccc2NC(=O)NCCCSc2ccc(F)cc2)cc1. The van der Waals surface area contributed by atoms with Crippen molar-refractivity contribution in [3.63, 3.8) is 0 Å². The number of anilines is 1. The van der Waals surface area contributed by atoms with Crippen LogP contribution in [0.1, 0.15) is 17.5 Å². The summed E-state index contributed by atoms with van der Waals surface area (Å²) in [5.74, 6) is 1.28. The number of benzene rings is 3. The lowest BCUT2D eigenvalue weighted by Crippen LogP contribution is -2.30. The number of nitrogens with zero attached hydrogens (tertiary/aromatic N) is 1. The van der Waals surface area contributed by atoms with E-state index in [1.807, 2.05) is 48.5 Å². The zero-order chi connectivity index (χ0) is 22.6. The molecule has 0 radical (unpaired) electrons. The Hall–Kier alpha value is -3.50. The van der Waals surface area contributed by atoms with Crippen LogP contribution in [0.25, 0.3) is 0 Å². The van der Waals surface area contributed by atoms with E-state index in [9.17, 15) is 9.18 Å². The van der Waals surface area contributed by atoms with Crippen molar-refractivity contribution in [2.24, 2.45) is 0 Å². The fourth-order valence-corrected chi connectivity index (χ4v) is 3.74. The molecule has 0 aliphatic heterocycles. The van der Waals surface area contributed by atoms with Gasteiger partial charge in [-0.25, -0.2) is 9.18 Å². The third-order valence-corrected chi connectivity index (χ3v) is 5.65. The quantitative estimate of drug-likeness (QED) is 0.304. The summed E-state index contributed by atoms with van der Waals surface area (Å²) >= 11 is 1.62. The van der Waals surface area contributed by atoms with Crippen molar-refractivity contribution < 1.29 is 13.9 Å². The summed E-state index contributed by atoms with van der Waals surface area (Å²) in [6, 6.07) is 23.1. The number of carbonyl (C=O) groups excluding carboxylic acids is 1. The van der Waals surface area contributed by atoms with E-state index in [0.717, 1.165) is 28.2 Å². The summed E-state index contributed by atoms with van der Waals surface area (Å²) in [7, 11) is 0. The molecule has 0 atom stereocenters. The number of ether oxygens (including phenoxy) is 1. The van der Waals surface area contributed by atoms with Crippen molar-refractivity contribution in [3.8, 4) is 11.8 Å². The monoisotopic (exact) mass is 449 g/mol. The first-order chi connectivity index (χ1) is 15.6. The Kier molecular flexibility index (Phi) is 8.96. The molecule has 0 spiro atoms. The first-order valence-corrected chi connectivity index (χ1v) is 11.2. The number of para-hydroxylation sites is 1. The molecular formula is C25H24FN3O2S. The molecule has 0 saturated carbocycles. The van der Waals surface area contributed by atoms with Gasteiger partial charge < -0.3 is 15.4 Å². The third kappa shape index (κ3) is 7.64. The molecule has 0 saturated heterocycles. The number of rotatable bonds is 10. The third-order valence-electron chi connectivity index (χ3n) is 4.56. The fraction of sp³-hybridized carbons (Fsp3) is 0.200. The largest absolute Gasteiger partial charge is 0.489 e. The van der Waals surface area contributed by atoms with E-state index in [1.165, 1.54) is 12.1 Å². The van der Waals surface area contributed by atoms with Gasteiger partial charge in [-0.15, -0.1) is 11.8 Å². The fourth-order valence-electron chi connectivity index (χ4n) is 2.89. The highest BCUT2D eigenvalue weighted by molar-refractivity contribution is 7.99. The van der Waals surface area contributed by atoms with Crippen molar-refractivity contribution in [2.45, 2.75) is 24.3 Å². The van der Waals surface area contributed by atoms with E-state index < -0.39 is 0 Å². The number of hydrogen-bond donors (Lipinski definition) is 2. The van der Waals surface area contributed by atoms with E-state index in [4.69, 9.17) is 10.00 Å². The molecule has 0 bridgehead atoms. The molecule has 0 fully saturated rings. The van der Waals surface area contributed by atoms with Crippen LogP contribution in [0.15, 0.2) is 77.7 Å². The van der Waals surface area contributed by atoms with Crippen molar-refractivity contribution in [3.05, 3.63) is 89.7 Å². The molecular weight excluding hydrogens is 425 g/mol. The number of hydrogen-bond acceptors (Lipinski definition) is 4. The molecule has 32 heavy (non-hydrogen) atoms. The van der Waals surface area contributed by atoms with Crippen LogP contribution in [0.4, 0.5) is 14.9 Å². The van der Waals surface area contributed by atoms with Crippen LogP contribution in [-0.2, 0) is 13.0 Å². The zero-order valence-corrected chi connectivity index (χ0v) is 18.3. The topological polar surface area (TPSA) is 74.1 Å². The van der Waals surface area contributed by atoms with Gasteiger partial charge in [-0.2, -0.15) is 5.26 Å². The molecule has 7 heteroatoms. The lowest BCUT2D eigenvalue weighted by atomic mass is 10.1. The van der Waals surface area contributed by atoms with Gasteiger partial charge in [0.05, 0.1) is 12.5 Å². The van der Waals surface area contributed by atoms with Crippen molar-refractivity contribution in [2.75, 3.05) is 17.6 Å². The maximum absolute atomic E-state index is 12.9. The second-order valence-corrected chi connectivity index (χ2v) is 8.13. The normalized spacial score (nSPS) is 10.2. The maximum Gasteiger partial charge on any atom is 0.319 e. The Morgan fingerprint density at radius 2 is 1.78 bits per heavy atom. The maximum atomic E-state index is 12.9. The van der Waals surface area contributed by atoms with Gasteiger partial charge in [0, 0.05) is 22.7 Å². The molecule has 3 aromatic carbocycles. The van der Waals surface area contributed by atoms with Gasteiger partial charge in [0.25, 0.3) is 0 Å². The second-order valence-electron chi connectivity index (χ2n) is 6.96. The van der Waals surface area contributed by atoms with E-state index in [0.29, 0.717) is 31.0 Å². The minimum atomic E-state index is -0.273. The van der Waals surface area contributed by atoms with E-state index in [2.05, 4.69) is 16.7 Å². The van der Waals surface area contributed by atoms with Crippen molar-refractivity contribution >= 4 is 23.5 Å². The summed E-state index contributed by atoms with van der Waals surface area (Å²) < 4.78 is 18.7. The Morgan fingerprint density at radius 1 is 1.03 bits per heavy atom. The molecule has 2 amide bonds. The lowest BCUT2D eigenvalue weighted by molar-refractivity contribution is 0.252. The van der Waals surface area contributed by atoms with E-state index >= 15 is 0 Å². The molecule has 2 N–H and O–H groups in total. The number of halogens is 1. The van der Waals surface area contributed by atoms with Crippen molar-refractivity contribution in [1.29, 1.82) is 5.26 Å². The summed E-state index contributed by atoms with van der Waals surface area (Å²) in [6.45, 7) is 0.843. The van der Waals surface area contributed by atoms with Gasteiger partial charge in [-0.1, -0.05) is 30.3 Å².